The van der Waals surface area contributed by atoms with Gasteiger partial charge in [-0.3, -0.25) is 9.78 Å². The van der Waals surface area contributed by atoms with Crippen molar-refractivity contribution < 1.29 is 13.2 Å². The van der Waals surface area contributed by atoms with Crippen molar-refractivity contribution in [3.05, 3.63) is 59.9 Å². The minimum Gasteiger partial charge on any atom is -0.340 e. The molecular weight excluding hydrogens is 374 g/mol. The van der Waals surface area contributed by atoms with Crippen molar-refractivity contribution in [1.29, 1.82) is 0 Å². The van der Waals surface area contributed by atoms with E-state index in [1.54, 1.807) is 34.6 Å². The summed E-state index contributed by atoms with van der Waals surface area (Å²) >= 11 is 0. The summed E-state index contributed by atoms with van der Waals surface area (Å²) in [5, 5.41) is 0. The summed E-state index contributed by atoms with van der Waals surface area (Å²) in [4.78, 5) is 19.2. The van der Waals surface area contributed by atoms with E-state index in [4.69, 9.17) is 0 Å². The van der Waals surface area contributed by atoms with Gasteiger partial charge in [0.15, 0.2) is 0 Å². The molecule has 6 nitrogen and oxygen atoms in total. The number of aromatic nitrogens is 1. The molecule has 1 spiro atoms. The summed E-state index contributed by atoms with van der Waals surface area (Å²) in [5.74, 6) is -0.0142. The van der Waals surface area contributed by atoms with Gasteiger partial charge in [0.25, 0.3) is 0 Å². The van der Waals surface area contributed by atoms with Crippen LogP contribution in [-0.2, 0) is 21.4 Å². The molecule has 4 rings (SSSR count). The van der Waals surface area contributed by atoms with E-state index in [2.05, 4.69) is 4.98 Å². The summed E-state index contributed by atoms with van der Waals surface area (Å²) in [7, 11) is -1.72. The molecular formula is C21H25N3O3S. The molecule has 0 bridgehead atoms. The third kappa shape index (κ3) is 3.44. The molecule has 2 atom stereocenters. The number of amides is 1. The quantitative estimate of drug-likeness (QED) is 0.774. The predicted octanol–water partition coefficient (Wildman–Crippen LogP) is 2.45. The molecule has 148 valence electrons. The summed E-state index contributed by atoms with van der Waals surface area (Å²) in [5.41, 5.74) is 1.68. The van der Waals surface area contributed by atoms with Crippen molar-refractivity contribution in [2.45, 2.75) is 31.2 Å². The van der Waals surface area contributed by atoms with Crippen molar-refractivity contribution in [3.63, 3.8) is 0 Å². The van der Waals surface area contributed by atoms with Crippen LogP contribution in [0.25, 0.3) is 0 Å². The Morgan fingerprint density at radius 1 is 1.25 bits per heavy atom. The number of benzene rings is 1. The molecule has 2 aromatic rings. The first-order valence-corrected chi connectivity index (χ1v) is 11.0. The van der Waals surface area contributed by atoms with E-state index in [0.29, 0.717) is 24.5 Å². The van der Waals surface area contributed by atoms with Crippen LogP contribution in [-0.4, -0.2) is 48.7 Å². The Morgan fingerprint density at radius 3 is 2.68 bits per heavy atom. The van der Waals surface area contributed by atoms with Crippen LogP contribution in [0.4, 0.5) is 0 Å². The number of hydrogen-bond donors (Lipinski definition) is 0. The maximum atomic E-state index is 12.9. The highest BCUT2D eigenvalue weighted by atomic mass is 32.2. The molecule has 28 heavy (non-hydrogen) atoms. The van der Waals surface area contributed by atoms with E-state index < -0.39 is 10.0 Å². The zero-order valence-corrected chi connectivity index (χ0v) is 17.0. The van der Waals surface area contributed by atoms with E-state index in [-0.39, 0.29) is 17.2 Å². The fourth-order valence-electron chi connectivity index (χ4n) is 4.15. The van der Waals surface area contributed by atoms with Crippen LogP contribution in [0, 0.1) is 18.3 Å². The van der Waals surface area contributed by atoms with E-state index in [9.17, 15) is 13.2 Å². The van der Waals surface area contributed by atoms with E-state index in [0.717, 1.165) is 24.1 Å². The van der Waals surface area contributed by atoms with Gasteiger partial charge in [-0.2, -0.15) is 4.31 Å². The van der Waals surface area contributed by atoms with Gasteiger partial charge in [-0.1, -0.05) is 23.8 Å². The number of carbonyl (C=O) groups is 1. The molecule has 1 aliphatic carbocycles. The number of pyridine rings is 1. The lowest BCUT2D eigenvalue weighted by molar-refractivity contribution is -0.132. The second-order valence-corrected chi connectivity index (χ2v) is 9.97. The van der Waals surface area contributed by atoms with Gasteiger partial charge in [0, 0.05) is 32.3 Å². The van der Waals surface area contributed by atoms with Crippen molar-refractivity contribution in [1.82, 2.24) is 14.2 Å². The second kappa shape index (κ2) is 6.97. The molecule has 0 N–H and O–H groups in total. The summed E-state index contributed by atoms with van der Waals surface area (Å²) in [6.45, 7) is 3.31. The van der Waals surface area contributed by atoms with Gasteiger partial charge in [-0.05, 0) is 49.4 Å². The smallest absolute Gasteiger partial charge is 0.243 e. The van der Waals surface area contributed by atoms with Crippen molar-refractivity contribution in [2.75, 3.05) is 20.1 Å². The van der Waals surface area contributed by atoms with Gasteiger partial charge < -0.3 is 4.90 Å². The van der Waals surface area contributed by atoms with Gasteiger partial charge >= 0.3 is 0 Å². The van der Waals surface area contributed by atoms with Crippen LogP contribution in [0.15, 0.2) is 53.6 Å². The third-order valence-corrected chi connectivity index (χ3v) is 7.86. The molecule has 0 radical (unpaired) electrons. The number of nitrogens with zero attached hydrogens (tertiary/aromatic N) is 3. The van der Waals surface area contributed by atoms with Crippen molar-refractivity contribution in [3.8, 4) is 0 Å². The Morgan fingerprint density at radius 2 is 2.00 bits per heavy atom. The fourth-order valence-corrected chi connectivity index (χ4v) is 5.68. The lowest BCUT2D eigenvalue weighted by Crippen LogP contribution is -2.32. The molecule has 1 aromatic heterocycles. The average Bonchev–Trinajstić information content (AvgIpc) is 3.20. The fraction of sp³-hybridized carbons (Fsp3) is 0.429. The van der Waals surface area contributed by atoms with Gasteiger partial charge in [0.05, 0.1) is 17.1 Å². The average molecular weight is 400 g/mol. The van der Waals surface area contributed by atoms with E-state index >= 15 is 0 Å². The summed E-state index contributed by atoms with van der Waals surface area (Å²) in [6.07, 6.45) is 3.22. The Kier molecular flexibility index (Phi) is 4.75. The van der Waals surface area contributed by atoms with Crippen LogP contribution in [0.5, 0.6) is 0 Å². The lowest BCUT2D eigenvalue weighted by atomic mass is 10.0. The highest BCUT2D eigenvalue weighted by Gasteiger charge is 2.62. The van der Waals surface area contributed by atoms with E-state index in [1.165, 1.54) is 0 Å². The van der Waals surface area contributed by atoms with Gasteiger partial charge in [-0.25, -0.2) is 8.42 Å². The van der Waals surface area contributed by atoms with Crippen LogP contribution < -0.4 is 0 Å². The van der Waals surface area contributed by atoms with Crippen molar-refractivity contribution >= 4 is 15.9 Å². The number of sulfonamides is 1. The number of aryl methyl sites for hydroxylation is 1. The molecule has 2 aliphatic rings. The summed E-state index contributed by atoms with van der Waals surface area (Å²) in [6, 6.07) is 12.6. The number of carbonyl (C=O) groups excluding carboxylic acids is 1. The molecule has 1 saturated carbocycles. The lowest BCUT2D eigenvalue weighted by Gasteiger charge is -2.19. The number of hydrogen-bond acceptors (Lipinski definition) is 4. The largest absolute Gasteiger partial charge is 0.340 e. The predicted molar refractivity (Wildman–Crippen MR) is 106 cm³/mol. The standard InChI is InChI=1S/C21H25N3O3S/c1-16-6-8-18(9-7-16)28(26,27)24-12-10-21(15-24)13-19(21)20(25)23(2)14-17-5-3-4-11-22-17/h3-9,11,19H,10,12-15H2,1-2H3/t19-,21+/m1/s1. The van der Waals surface area contributed by atoms with Crippen LogP contribution in [0.2, 0.25) is 0 Å². The Labute approximate surface area is 166 Å². The topological polar surface area (TPSA) is 70.6 Å². The molecule has 2 heterocycles. The van der Waals surface area contributed by atoms with Crippen molar-refractivity contribution in [2.24, 2.45) is 11.3 Å². The Bertz CT molecular complexity index is 976. The normalized spacial score (nSPS) is 24.4. The van der Waals surface area contributed by atoms with Gasteiger partial charge in [-0.15, -0.1) is 0 Å². The molecule has 2 fully saturated rings. The zero-order chi connectivity index (χ0) is 19.9. The highest BCUT2D eigenvalue weighted by molar-refractivity contribution is 7.89. The molecule has 1 amide bonds. The van der Waals surface area contributed by atoms with Gasteiger partial charge in [0.2, 0.25) is 15.9 Å². The SMILES string of the molecule is Cc1ccc(S(=O)(=O)N2CC[C@]3(C[C@@H]3C(=O)N(C)Cc3ccccn3)C2)cc1. The van der Waals surface area contributed by atoms with Crippen LogP contribution in [0.1, 0.15) is 24.1 Å². The highest BCUT2D eigenvalue weighted by Crippen LogP contribution is 2.59. The first kappa shape index (κ1) is 19.1. The Balaban J connectivity index is 1.42. The Hall–Kier alpha value is -2.25. The monoisotopic (exact) mass is 399 g/mol. The van der Waals surface area contributed by atoms with Gasteiger partial charge in [0.1, 0.15) is 0 Å². The van der Waals surface area contributed by atoms with E-state index in [1.807, 2.05) is 37.3 Å². The first-order chi connectivity index (χ1) is 13.3. The zero-order valence-electron chi connectivity index (χ0n) is 16.2. The number of rotatable bonds is 5. The maximum absolute atomic E-state index is 12.9. The third-order valence-electron chi connectivity index (χ3n) is 6.00. The van der Waals surface area contributed by atoms with Crippen LogP contribution in [0.3, 0.4) is 0 Å². The minimum atomic E-state index is -3.51. The molecule has 1 saturated heterocycles. The second-order valence-electron chi connectivity index (χ2n) is 8.04. The summed E-state index contributed by atoms with van der Waals surface area (Å²) < 4.78 is 27.4. The maximum Gasteiger partial charge on any atom is 0.243 e. The minimum absolute atomic E-state index is 0.0836. The molecule has 0 unspecified atom stereocenters. The molecule has 7 heteroatoms. The molecule has 1 aromatic carbocycles. The molecule has 1 aliphatic heterocycles. The van der Waals surface area contributed by atoms with Crippen LogP contribution >= 0.6 is 0 Å². The first-order valence-electron chi connectivity index (χ1n) is 9.54.